The predicted molar refractivity (Wildman–Crippen MR) is 90.0 cm³/mol. The van der Waals surface area contributed by atoms with Crippen LogP contribution in [-0.4, -0.2) is 17.9 Å². The minimum atomic E-state index is -0.133. The molecule has 0 N–H and O–H groups in total. The molecule has 5 aliphatic rings. The number of ether oxygens (including phenoxy) is 1. The number of carbonyl (C=O) groups is 2. The van der Waals surface area contributed by atoms with Crippen LogP contribution < -0.4 is 0 Å². The molecule has 0 saturated heterocycles. The number of hydrogen-bond donors (Lipinski definition) is 0. The summed E-state index contributed by atoms with van der Waals surface area (Å²) in [7, 11) is 0. The van der Waals surface area contributed by atoms with E-state index in [0.717, 1.165) is 12.8 Å². The Morgan fingerprint density at radius 3 is 2.67 bits per heavy atom. The van der Waals surface area contributed by atoms with Gasteiger partial charge in [0.1, 0.15) is 6.10 Å². The lowest BCUT2D eigenvalue weighted by atomic mass is 9.52. The molecule has 4 saturated carbocycles. The van der Waals surface area contributed by atoms with Crippen molar-refractivity contribution in [1.82, 2.24) is 0 Å². The Morgan fingerprint density at radius 2 is 1.92 bits per heavy atom. The molecule has 0 heterocycles. The number of esters is 1. The molecule has 24 heavy (non-hydrogen) atoms. The highest BCUT2D eigenvalue weighted by molar-refractivity contribution is 6.00. The number of carbonyl (C=O) groups excluding carboxylic acids is 2. The van der Waals surface area contributed by atoms with Gasteiger partial charge in [0, 0.05) is 23.7 Å². The monoisotopic (exact) mass is 328 g/mol. The van der Waals surface area contributed by atoms with Crippen LogP contribution in [0.3, 0.4) is 0 Å². The third-order valence-electron chi connectivity index (χ3n) is 9.18. The van der Waals surface area contributed by atoms with Crippen molar-refractivity contribution in [2.45, 2.75) is 65.4 Å². The Morgan fingerprint density at radius 1 is 1.12 bits per heavy atom. The van der Waals surface area contributed by atoms with Gasteiger partial charge in [-0.3, -0.25) is 9.59 Å². The second kappa shape index (κ2) is 4.34. The van der Waals surface area contributed by atoms with Gasteiger partial charge in [0.05, 0.1) is 0 Å². The van der Waals surface area contributed by atoms with E-state index in [2.05, 4.69) is 19.9 Å². The summed E-state index contributed by atoms with van der Waals surface area (Å²) in [6, 6.07) is 0. The highest BCUT2D eigenvalue weighted by atomic mass is 16.5. The minimum Gasteiger partial charge on any atom is -0.462 e. The average Bonchev–Trinajstić information content (AvgIpc) is 2.74. The van der Waals surface area contributed by atoms with Crippen molar-refractivity contribution in [1.29, 1.82) is 0 Å². The number of hydrogen-bond acceptors (Lipinski definition) is 3. The zero-order valence-corrected chi connectivity index (χ0v) is 15.0. The molecule has 3 heteroatoms. The van der Waals surface area contributed by atoms with E-state index in [9.17, 15) is 9.59 Å². The summed E-state index contributed by atoms with van der Waals surface area (Å²) in [5.74, 6) is 2.58. The third-order valence-corrected chi connectivity index (χ3v) is 9.18. The Kier molecular flexibility index (Phi) is 2.74. The first-order chi connectivity index (χ1) is 11.3. The van der Waals surface area contributed by atoms with Crippen molar-refractivity contribution in [2.75, 3.05) is 0 Å². The van der Waals surface area contributed by atoms with E-state index in [4.69, 9.17) is 4.74 Å². The highest BCUT2D eigenvalue weighted by Crippen LogP contribution is 2.83. The normalized spacial score (nSPS) is 57.0. The molecular weight excluding hydrogens is 300 g/mol. The molecule has 0 aliphatic heterocycles. The maximum Gasteiger partial charge on any atom is 0.302 e. The Balaban J connectivity index is 1.46. The van der Waals surface area contributed by atoms with E-state index in [0.29, 0.717) is 23.5 Å². The number of ketones is 1. The maximum atomic E-state index is 12.4. The van der Waals surface area contributed by atoms with Gasteiger partial charge in [-0.25, -0.2) is 0 Å². The van der Waals surface area contributed by atoms with E-state index in [1.54, 1.807) is 0 Å². The van der Waals surface area contributed by atoms with Gasteiger partial charge in [-0.05, 0) is 67.8 Å². The van der Waals surface area contributed by atoms with Crippen molar-refractivity contribution in [3.05, 3.63) is 12.2 Å². The van der Waals surface area contributed by atoms with Crippen molar-refractivity contribution in [2.24, 2.45) is 39.9 Å². The Bertz CT molecular complexity index is 666. The maximum absolute atomic E-state index is 12.4. The molecule has 0 amide bonds. The van der Waals surface area contributed by atoms with Crippen LogP contribution in [0.5, 0.6) is 0 Å². The smallest absolute Gasteiger partial charge is 0.302 e. The Labute approximate surface area is 144 Å². The van der Waals surface area contributed by atoms with Crippen LogP contribution in [0.4, 0.5) is 0 Å². The van der Waals surface area contributed by atoms with Crippen LogP contribution in [0.15, 0.2) is 12.2 Å². The van der Waals surface area contributed by atoms with Crippen LogP contribution in [0.2, 0.25) is 0 Å². The van der Waals surface area contributed by atoms with Gasteiger partial charge in [0.25, 0.3) is 0 Å². The summed E-state index contributed by atoms with van der Waals surface area (Å²) < 4.78 is 5.71. The van der Waals surface area contributed by atoms with Crippen LogP contribution in [-0.2, 0) is 14.3 Å². The molecule has 0 aromatic heterocycles. The molecule has 0 aromatic rings. The van der Waals surface area contributed by atoms with Gasteiger partial charge >= 0.3 is 5.97 Å². The van der Waals surface area contributed by atoms with Gasteiger partial charge in [0.2, 0.25) is 0 Å². The molecule has 3 nitrogen and oxygen atoms in total. The number of fused-ring (bicyclic) bond motifs is 5. The van der Waals surface area contributed by atoms with Crippen molar-refractivity contribution >= 4 is 11.8 Å². The van der Waals surface area contributed by atoms with Crippen LogP contribution in [0, 0.1) is 39.9 Å². The summed E-state index contributed by atoms with van der Waals surface area (Å²) in [5.41, 5.74) is 0.563. The molecule has 0 radical (unpaired) electrons. The summed E-state index contributed by atoms with van der Waals surface area (Å²) in [6.45, 7) is 6.30. The predicted octanol–water partition coefficient (Wildman–Crippen LogP) is 3.92. The van der Waals surface area contributed by atoms with Crippen molar-refractivity contribution < 1.29 is 14.3 Å². The number of rotatable bonds is 1. The first kappa shape index (κ1) is 15.2. The fourth-order valence-electron chi connectivity index (χ4n) is 8.14. The van der Waals surface area contributed by atoms with Crippen molar-refractivity contribution in [3.63, 3.8) is 0 Å². The quantitative estimate of drug-likeness (QED) is 0.685. The van der Waals surface area contributed by atoms with Gasteiger partial charge in [-0.1, -0.05) is 19.9 Å². The van der Waals surface area contributed by atoms with E-state index >= 15 is 0 Å². The average molecular weight is 328 g/mol. The van der Waals surface area contributed by atoms with Gasteiger partial charge in [-0.2, -0.15) is 0 Å². The third kappa shape index (κ3) is 1.47. The standard InChI is InChI=1S/C21H28O3/c1-12(22)24-17-5-4-14-13-6-10-21-11-8-16(23)18(21)20(21,3)15(13)7-9-19(14,17)2/h8,11,13-15,17-18H,4-7,9-10H2,1-3H3/t13-,14-,15-,17-,18-,19-,20+,21-/m0/s1. The van der Waals surface area contributed by atoms with E-state index in [-0.39, 0.29) is 34.2 Å². The molecule has 5 rings (SSSR count). The van der Waals surface area contributed by atoms with Gasteiger partial charge in [0.15, 0.2) is 5.78 Å². The van der Waals surface area contributed by atoms with E-state index in [1.807, 2.05) is 6.08 Å². The van der Waals surface area contributed by atoms with Gasteiger partial charge in [-0.15, -0.1) is 0 Å². The summed E-state index contributed by atoms with van der Waals surface area (Å²) in [5, 5.41) is 0. The first-order valence-electron chi connectivity index (χ1n) is 9.75. The summed E-state index contributed by atoms with van der Waals surface area (Å²) in [6.07, 6.45) is 11.2. The van der Waals surface area contributed by atoms with Crippen LogP contribution >= 0.6 is 0 Å². The molecular formula is C21H28O3. The van der Waals surface area contributed by atoms with Gasteiger partial charge < -0.3 is 4.74 Å². The lowest BCUT2D eigenvalue weighted by molar-refractivity contribution is -0.157. The van der Waals surface area contributed by atoms with Crippen LogP contribution in [0.25, 0.3) is 0 Å². The molecule has 1 spiro atoms. The summed E-state index contributed by atoms with van der Waals surface area (Å²) >= 11 is 0. The largest absolute Gasteiger partial charge is 0.462 e. The fourth-order valence-corrected chi connectivity index (χ4v) is 8.14. The second-order valence-electron chi connectivity index (χ2n) is 9.63. The highest BCUT2D eigenvalue weighted by Gasteiger charge is 2.81. The number of allylic oxidation sites excluding steroid dienone is 2. The minimum absolute atomic E-state index is 0.102. The lowest BCUT2D eigenvalue weighted by Gasteiger charge is -2.53. The Hall–Kier alpha value is -1.12. The summed E-state index contributed by atoms with van der Waals surface area (Å²) in [4.78, 5) is 23.9. The van der Waals surface area contributed by atoms with Crippen molar-refractivity contribution in [3.8, 4) is 0 Å². The molecule has 4 fully saturated rings. The topological polar surface area (TPSA) is 43.4 Å². The zero-order chi connectivity index (χ0) is 16.9. The fraction of sp³-hybridized carbons (Fsp3) is 0.810. The SMILES string of the molecule is CC(=O)O[C@H]1CC[C@H]2[C@@H]3CC[C@]45C=CC(=O)[C@H]4[C@@]5(C)[C@H]3CC[C@]12C. The molecule has 5 aliphatic carbocycles. The molecule has 0 unspecified atom stereocenters. The first-order valence-corrected chi connectivity index (χ1v) is 9.75. The molecule has 0 bridgehead atoms. The zero-order valence-electron chi connectivity index (χ0n) is 15.0. The van der Waals surface area contributed by atoms with E-state index < -0.39 is 0 Å². The molecule has 130 valence electrons. The molecule has 8 atom stereocenters. The molecule has 0 aromatic carbocycles. The van der Waals surface area contributed by atoms with E-state index in [1.165, 1.54) is 32.6 Å². The second-order valence-corrected chi connectivity index (χ2v) is 9.63. The van der Waals surface area contributed by atoms with Crippen LogP contribution in [0.1, 0.15) is 59.3 Å². The lowest BCUT2D eigenvalue weighted by Crippen LogP contribution is -2.48.